The van der Waals surface area contributed by atoms with E-state index in [1.54, 1.807) is 18.1 Å². The van der Waals surface area contributed by atoms with E-state index in [2.05, 4.69) is 0 Å². The number of carbonyl (C=O) groups excluding carboxylic acids is 1. The van der Waals surface area contributed by atoms with Crippen LogP contribution in [-0.2, 0) is 15.9 Å². The van der Waals surface area contributed by atoms with Crippen molar-refractivity contribution < 1.29 is 23.8 Å². The van der Waals surface area contributed by atoms with E-state index in [1.807, 2.05) is 20.8 Å². The van der Waals surface area contributed by atoms with Gasteiger partial charge in [-0.2, -0.15) is 0 Å². The Labute approximate surface area is 148 Å². The molecule has 0 spiro atoms. The first-order chi connectivity index (χ1) is 11.8. The second-order valence-corrected chi connectivity index (χ2v) is 7.36. The van der Waals surface area contributed by atoms with Gasteiger partial charge in [-0.3, -0.25) is 0 Å². The molecule has 2 atom stereocenters. The summed E-state index contributed by atoms with van der Waals surface area (Å²) in [7, 11) is 1.59. The third kappa shape index (κ3) is 4.92. The van der Waals surface area contributed by atoms with E-state index in [0.717, 1.165) is 18.4 Å². The van der Waals surface area contributed by atoms with Gasteiger partial charge in [0.05, 0.1) is 6.04 Å². The monoisotopic (exact) mass is 353 g/mol. The summed E-state index contributed by atoms with van der Waals surface area (Å²) < 4.78 is 24.8. The van der Waals surface area contributed by atoms with Crippen LogP contribution in [-0.4, -0.2) is 48.0 Å². The van der Waals surface area contributed by atoms with E-state index in [1.165, 1.54) is 12.1 Å². The molecule has 1 heterocycles. The van der Waals surface area contributed by atoms with E-state index in [4.69, 9.17) is 9.47 Å². The highest BCUT2D eigenvalue weighted by atomic mass is 19.1. The number of rotatable bonds is 5. The zero-order chi connectivity index (χ0) is 18.6. The van der Waals surface area contributed by atoms with Crippen molar-refractivity contribution in [3.05, 3.63) is 35.1 Å². The third-order valence-corrected chi connectivity index (χ3v) is 4.32. The van der Waals surface area contributed by atoms with Crippen molar-refractivity contribution in [2.24, 2.45) is 0 Å². The molecule has 1 aliphatic rings. The maximum atomic E-state index is 13.6. The molecule has 0 radical (unpaired) electrons. The van der Waals surface area contributed by atoms with Gasteiger partial charge in [0, 0.05) is 20.3 Å². The van der Waals surface area contributed by atoms with Gasteiger partial charge in [0.15, 0.2) is 0 Å². The van der Waals surface area contributed by atoms with Crippen molar-refractivity contribution in [2.75, 3.05) is 20.3 Å². The number of hydrogen-bond donors (Lipinski definition) is 1. The Morgan fingerprint density at radius 1 is 1.44 bits per heavy atom. The van der Waals surface area contributed by atoms with E-state index in [9.17, 15) is 14.3 Å². The molecule has 25 heavy (non-hydrogen) atoms. The van der Waals surface area contributed by atoms with Gasteiger partial charge >= 0.3 is 6.09 Å². The van der Waals surface area contributed by atoms with Gasteiger partial charge in [0.2, 0.25) is 0 Å². The summed E-state index contributed by atoms with van der Waals surface area (Å²) in [5.41, 5.74) is 0.939. The number of likely N-dealkylation sites (tertiary alicyclic amines) is 1. The van der Waals surface area contributed by atoms with Crippen molar-refractivity contribution in [2.45, 2.75) is 57.8 Å². The fourth-order valence-electron chi connectivity index (χ4n) is 3.33. The van der Waals surface area contributed by atoms with Crippen LogP contribution in [0.3, 0.4) is 0 Å². The number of ether oxygens (including phenoxy) is 2. The van der Waals surface area contributed by atoms with Crippen LogP contribution >= 0.6 is 0 Å². The fourth-order valence-corrected chi connectivity index (χ4v) is 3.33. The summed E-state index contributed by atoms with van der Waals surface area (Å²) in [6.45, 7) is 6.04. The van der Waals surface area contributed by atoms with Gasteiger partial charge in [-0.05, 0) is 63.3 Å². The highest BCUT2D eigenvalue weighted by Gasteiger charge is 2.38. The molecule has 1 aromatic rings. The minimum atomic E-state index is -0.565. The van der Waals surface area contributed by atoms with Crippen molar-refractivity contribution in [3.63, 3.8) is 0 Å². The number of halogens is 1. The molecule has 2 rings (SSSR count). The van der Waals surface area contributed by atoms with Crippen molar-refractivity contribution in [3.8, 4) is 0 Å². The normalized spacial score (nSPS) is 19.1. The van der Waals surface area contributed by atoms with Crippen LogP contribution in [0.25, 0.3) is 0 Å². The summed E-state index contributed by atoms with van der Waals surface area (Å²) in [6, 6.07) is 4.31. The maximum absolute atomic E-state index is 13.6. The quantitative estimate of drug-likeness (QED) is 0.881. The van der Waals surface area contributed by atoms with E-state index >= 15 is 0 Å². The summed E-state index contributed by atoms with van der Waals surface area (Å²) in [5.74, 6) is -0.350. The molecule has 1 fully saturated rings. The molecule has 0 aliphatic carbocycles. The number of hydrogen-bond acceptors (Lipinski definition) is 4. The summed E-state index contributed by atoms with van der Waals surface area (Å²) >= 11 is 0. The van der Waals surface area contributed by atoms with Crippen LogP contribution in [0.2, 0.25) is 0 Å². The van der Waals surface area contributed by atoms with E-state index < -0.39 is 11.7 Å². The van der Waals surface area contributed by atoms with Gasteiger partial charge in [-0.15, -0.1) is 0 Å². The Morgan fingerprint density at radius 2 is 2.16 bits per heavy atom. The lowest BCUT2D eigenvalue weighted by Crippen LogP contribution is -2.43. The van der Waals surface area contributed by atoms with Gasteiger partial charge in [-0.25, -0.2) is 9.18 Å². The summed E-state index contributed by atoms with van der Waals surface area (Å²) in [5, 5.41) is 9.27. The minimum absolute atomic E-state index is 0.0761. The van der Waals surface area contributed by atoms with Crippen LogP contribution in [0.5, 0.6) is 0 Å². The highest BCUT2D eigenvalue weighted by molar-refractivity contribution is 5.69. The molecule has 0 aromatic heterocycles. The average molecular weight is 353 g/mol. The molecular weight excluding hydrogens is 325 g/mol. The lowest BCUT2D eigenvalue weighted by atomic mass is 9.94. The molecular formula is C19H28FNO4. The lowest BCUT2D eigenvalue weighted by Gasteiger charge is -2.33. The average Bonchev–Trinajstić information content (AvgIpc) is 2.98. The number of aliphatic hydroxyl groups is 1. The minimum Gasteiger partial charge on any atom is -0.444 e. The molecule has 0 bridgehead atoms. The smallest absolute Gasteiger partial charge is 0.410 e. The molecule has 1 aliphatic heterocycles. The Hall–Kier alpha value is -1.66. The molecule has 1 aromatic carbocycles. The van der Waals surface area contributed by atoms with Gasteiger partial charge in [0.1, 0.15) is 17.5 Å². The van der Waals surface area contributed by atoms with Crippen LogP contribution in [0.1, 0.15) is 50.8 Å². The first-order valence-electron chi connectivity index (χ1n) is 8.68. The van der Waals surface area contributed by atoms with Gasteiger partial charge < -0.3 is 19.5 Å². The number of aliphatic hydroxyl groups excluding tert-OH is 1. The molecule has 1 amide bonds. The fraction of sp³-hybridized carbons (Fsp3) is 0.632. The Morgan fingerprint density at radius 3 is 2.76 bits per heavy atom. The molecule has 2 unspecified atom stereocenters. The third-order valence-electron chi connectivity index (χ3n) is 4.32. The number of methoxy groups -OCH3 is 1. The largest absolute Gasteiger partial charge is 0.444 e. The number of carbonyl (C=O) groups is 1. The standard InChI is InChI=1S/C19H28FNO4/c1-19(2,3)25-18(23)21-10-5-6-16(21)17(24-4)15-8-7-14(20)12-13(15)9-11-22/h7-8,12,16-17,22H,5-6,9-11H2,1-4H3. The number of amides is 1. The SMILES string of the molecule is COC(c1ccc(F)cc1CCO)C1CCCN1C(=O)OC(C)(C)C. The lowest BCUT2D eigenvalue weighted by molar-refractivity contribution is -0.00622. The first kappa shape index (κ1) is 19.7. The van der Waals surface area contributed by atoms with Crippen molar-refractivity contribution in [1.82, 2.24) is 4.90 Å². The maximum Gasteiger partial charge on any atom is 0.410 e. The van der Waals surface area contributed by atoms with Crippen LogP contribution in [0.4, 0.5) is 9.18 Å². The number of nitrogens with zero attached hydrogens (tertiary/aromatic N) is 1. The second-order valence-electron chi connectivity index (χ2n) is 7.36. The van der Waals surface area contributed by atoms with Crippen LogP contribution in [0, 0.1) is 5.82 Å². The summed E-state index contributed by atoms with van der Waals surface area (Å²) in [4.78, 5) is 14.2. The molecule has 0 saturated carbocycles. The Bertz CT molecular complexity index is 600. The van der Waals surface area contributed by atoms with Crippen molar-refractivity contribution >= 4 is 6.09 Å². The van der Waals surface area contributed by atoms with Crippen LogP contribution < -0.4 is 0 Å². The second kappa shape index (κ2) is 8.15. The predicted molar refractivity (Wildman–Crippen MR) is 92.9 cm³/mol. The summed E-state index contributed by atoms with van der Waals surface area (Å²) in [6.07, 6.45) is 1.24. The Kier molecular flexibility index (Phi) is 6.41. The number of benzene rings is 1. The Balaban J connectivity index is 2.29. The van der Waals surface area contributed by atoms with Crippen molar-refractivity contribution in [1.29, 1.82) is 0 Å². The zero-order valence-electron chi connectivity index (χ0n) is 15.4. The van der Waals surface area contributed by atoms with E-state index in [0.29, 0.717) is 18.5 Å². The predicted octanol–water partition coefficient (Wildman–Crippen LogP) is 3.45. The van der Waals surface area contributed by atoms with E-state index in [-0.39, 0.29) is 24.6 Å². The zero-order valence-corrected chi connectivity index (χ0v) is 15.4. The molecule has 1 N–H and O–H groups in total. The van der Waals surface area contributed by atoms with Gasteiger partial charge in [-0.1, -0.05) is 6.07 Å². The first-order valence-corrected chi connectivity index (χ1v) is 8.68. The molecule has 6 heteroatoms. The topological polar surface area (TPSA) is 59.0 Å². The highest BCUT2D eigenvalue weighted by Crippen LogP contribution is 2.34. The molecule has 1 saturated heterocycles. The molecule has 140 valence electrons. The van der Waals surface area contributed by atoms with Crippen LogP contribution in [0.15, 0.2) is 18.2 Å². The molecule has 5 nitrogen and oxygen atoms in total. The van der Waals surface area contributed by atoms with Gasteiger partial charge in [0.25, 0.3) is 0 Å².